The second-order valence-electron chi connectivity index (χ2n) is 11.0. The van der Waals surface area contributed by atoms with E-state index in [9.17, 15) is 32.3 Å². The summed E-state index contributed by atoms with van der Waals surface area (Å²) < 4.78 is 47.3. The van der Waals surface area contributed by atoms with Crippen molar-refractivity contribution in [2.75, 3.05) is 13.1 Å². The Morgan fingerprint density at radius 2 is 1.71 bits per heavy atom. The smallest absolute Gasteiger partial charge is 0.407 e. The summed E-state index contributed by atoms with van der Waals surface area (Å²) in [6.45, 7) is 5.18. The van der Waals surface area contributed by atoms with Gasteiger partial charge in [0.25, 0.3) is 0 Å². The highest BCUT2D eigenvalue weighted by atomic mass is 19.2. The number of carbonyl (C=O) groups excluding carboxylic acids is 4. The van der Waals surface area contributed by atoms with Gasteiger partial charge in [-0.05, 0) is 57.2 Å². The van der Waals surface area contributed by atoms with Crippen molar-refractivity contribution in [1.82, 2.24) is 15.5 Å². The molecular weight excluding hydrogens is 541 g/mol. The highest BCUT2D eigenvalue weighted by Gasteiger charge is 2.34. The van der Waals surface area contributed by atoms with E-state index in [4.69, 9.17) is 10.5 Å². The molecule has 3 unspecified atom stereocenters. The second-order valence-corrected chi connectivity index (χ2v) is 11.0. The van der Waals surface area contributed by atoms with E-state index >= 15 is 0 Å². The van der Waals surface area contributed by atoms with E-state index in [1.54, 1.807) is 51.1 Å². The first-order valence-corrected chi connectivity index (χ1v) is 13.3. The van der Waals surface area contributed by atoms with Gasteiger partial charge in [0.2, 0.25) is 17.7 Å². The molecule has 0 saturated carbocycles. The Balaban J connectivity index is 1.86. The molecule has 0 aromatic heterocycles. The van der Waals surface area contributed by atoms with Crippen LogP contribution < -0.4 is 16.4 Å². The van der Waals surface area contributed by atoms with Gasteiger partial charge < -0.3 is 26.0 Å². The molecule has 1 aliphatic heterocycles. The monoisotopic (exact) mass is 576 g/mol. The van der Waals surface area contributed by atoms with Gasteiger partial charge in [0.15, 0.2) is 11.6 Å². The van der Waals surface area contributed by atoms with E-state index in [2.05, 4.69) is 10.6 Å². The lowest BCUT2D eigenvalue weighted by molar-refractivity contribution is -0.138. The third-order valence-corrected chi connectivity index (χ3v) is 6.59. The SMILES string of the molecule is CC(C)(C)OC(=O)NCC(C(=O)NC(CC(=O)N1CCCC1C(N)=O)Cc1cc(F)c(F)cc1F)c1ccccc1. The zero-order valence-electron chi connectivity index (χ0n) is 23.2. The maximum atomic E-state index is 14.6. The predicted molar refractivity (Wildman–Crippen MR) is 144 cm³/mol. The van der Waals surface area contributed by atoms with E-state index in [0.717, 1.165) is 0 Å². The Kier molecular flexibility index (Phi) is 10.4. The number of carbonyl (C=O) groups is 4. The summed E-state index contributed by atoms with van der Waals surface area (Å²) in [6.07, 6.45) is -0.512. The molecule has 222 valence electrons. The molecule has 12 heteroatoms. The van der Waals surface area contributed by atoms with Crippen LogP contribution in [0.1, 0.15) is 57.1 Å². The summed E-state index contributed by atoms with van der Waals surface area (Å²) in [6, 6.07) is 7.71. The first-order chi connectivity index (χ1) is 19.2. The average molecular weight is 577 g/mol. The molecular formula is C29H35F3N4O5. The number of amides is 4. The topological polar surface area (TPSA) is 131 Å². The highest BCUT2D eigenvalue weighted by Crippen LogP contribution is 2.22. The number of hydrogen-bond donors (Lipinski definition) is 3. The second kappa shape index (κ2) is 13.5. The Hall–Kier alpha value is -4.09. The molecule has 0 aliphatic carbocycles. The van der Waals surface area contributed by atoms with Gasteiger partial charge in [0.05, 0.1) is 5.92 Å². The van der Waals surface area contributed by atoms with Crippen LogP contribution in [0.5, 0.6) is 0 Å². The number of nitrogens with two attached hydrogens (primary N) is 1. The Labute approximate surface area is 236 Å². The first kappa shape index (κ1) is 31.4. The van der Waals surface area contributed by atoms with Crippen molar-refractivity contribution in [3.8, 4) is 0 Å². The van der Waals surface area contributed by atoms with Crippen molar-refractivity contribution in [1.29, 1.82) is 0 Å². The Morgan fingerprint density at radius 3 is 2.34 bits per heavy atom. The number of primary amides is 1. The summed E-state index contributed by atoms with van der Waals surface area (Å²) in [7, 11) is 0. The molecule has 0 spiro atoms. The minimum absolute atomic E-state index is 0.166. The van der Waals surface area contributed by atoms with Crippen LogP contribution in [-0.4, -0.2) is 59.5 Å². The molecule has 4 N–H and O–H groups in total. The fraction of sp³-hybridized carbons (Fsp3) is 0.448. The molecule has 2 aromatic carbocycles. The molecule has 2 aromatic rings. The number of rotatable bonds is 10. The average Bonchev–Trinajstić information content (AvgIpc) is 3.38. The quantitative estimate of drug-likeness (QED) is 0.374. The fourth-order valence-corrected chi connectivity index (χ4v) is 4.70. The zero-order chi connectivity index (χ0) is 30.3. The lowest BCUT2D eigenvalue weighted by Crippen LogP contribution is -2.48. The number of nitrogens with one attached hydrogen (secondary N) is 2. The van der Waals surface area contributed by atoms with Crippen LogP contribution in [0.3, 0.4) is 0 Å². The minimum Gasteiger partial charge on any atom is -0.444 e. The van der Waals surface area contributed by atoms with Crippen molar-refractivity contribution in [3.05, 3.63) is 71.0 Å². The summed E-state index contributed by atoms with van der Waals surface area (Å²) in [5.41, 5.74) is 4.96. The van der Waals surface area contributed by atoms with Crippen molar-refractivity contribution in [2.45, 2.75) is 70.1 Å². The van der Waals surface area contributed by atoms with E-state index in [0.29, 0.717) is 30.5 Å². The first-order valence-electron chi connectivity index (χ1n) is 13.3. The van der Waals surface area contributed by atoms with Gasteiger partial charge in [0.1, 0.15) is 17.5 Å². The molecule has 0 radical (unpaired) electrons. The van der Waals surface area contributed by atoms with Gasteiger partial charge in [-0.3, -0.25) is 14.4 Å². The number of hydrogen-bond acceptors (Lipinski definition) is 5. The Bertz CT molecular complexity index is 1270. The normalized spacial score (nSPS) is 16.5. The number of halogens is 3. The molecule has 4 amide bonds. The fourth-order valence-electron chi connectivity index (χ4n) is 4.70. The third kappa shape index (κ3) is 8.95. The van der Waals surface area contributed by atoms with E-state index in [1.807, 2.05) is 0 Å². The van der Waals surface area contributed by atoms with Crippen LogP contribution in [-0.2, 0) is 25.5 Å². The lowest BCUT2D eigenvalue weighted by Gasteiger charge is -2.27. The largest absolute Gasteiger partial charge is 0.444 e. The van der Waals surface area contributed by atoms with Crippen LogP contribution in [0.4, 0.5) is 18.0 Å². The molecule has 3 rings (SSSR count). The van der Waals surface area contributed by atoms with Crippen molar-refractivity contribution >= 4 is 23.8 Å². The van der Waals surface area contributed by atoms with Gasteiger partial charge in [-0.15, -0.1) is 0 Å². The number of likely N-dealkylation sites (tertiary alicyclic amines) is 1. The number of alkyl carbamates (subject to hydrolysis) is 1. The molecule has 1 heterocycles. The summed E-state index contributed by atoms with van der Waals surface area (Å²) >= 11 is 0. The number of ether oxygens (including phenoxy) is 1. The van der Waals surface area contributed by atoms with Crippen molar-refractivity contribution in [2.24, 2.45) is 5.73 Å². The maximum Gasteiger partial charge on any atom is 0.407 e. The van der Waals surface area contributed by atoms with Gasteiger partial charge in [0, 0.05) is 31.6 Å². The van der Waals surface area contributed by atoms with Gasteiger partial charge in [-0.1, -0.05) is 30.3 Å². The molecule has 1 fully saturated rings. The summed E-state index contributed by atoms with van der Waals surface area (Å²) in [5.74, 6) is -6.43. The van der Waals surface area contributed by atoms with Crippen molar-refractivity contribution < 1.29 is 37.1 Å². The summed E-state index contributed by atoms with van der Waals surface area (Å²) in [5, 5.41) is 5.29. The molecule has 3 atom stereocenters. The van der Waals surface area contributed by atoms with Crippen LogP contribution in [0.2, 0.25) is 0 Å². The zero-order valence-corrected chi connectivity index (χ0v) is 23.2. The lowest BCUT2D eigenvalue weighted by atomic mass is 9.96. The van der Waals surface area contributed by atoms with E-state index in [-0.39, 0.29) is 31.5 Å². The standard InChI is InChI=1S/C29H35F3N4O5/c1-29(2,3)41-28(40)34-16-20(17-8-5-4-6-9-17)27(39)35-19(12-18-13-22(31)23(32)15-21(18)30)14-25(37)36-11-7-10-24(36)26(33)38/h4-6,8-9,13,15,19-20,24H,7,10-12,14,16H2,1-3H3,(H2,33,38)(H,34,40)(H,35,39). The maximum absolute atomic E-state index is 14.6. The molecule has 1 saturated heterocycles. The van der Waals surface area contributed by atoms with E-state index in [1.165, 1.54) is 4.90 Å². The Morgan fingerprint density at radius 1 is 1.05 bits per heavy atom. The molecule has 1 aliphatic rings. The predicted octanol–water partition coefficient (Wildman–Crippen LogP) is 3.31. The minimum atomic E-state index is -1.37. The van der Waals surface area contributed by atoms with Crippen LogP contribution >= 0.6 is 0 Å². The number of benzene rings is 2. The van der Waals surface area contributed by atoms with Gasteiger partial charge >= 0.3 is 6.09 Å². The molecule has 41 heavy (non-hydrogen) atoms. The van der Waals surface area contributed by atoms with Crippen LogP contribution in [0, 0.1) is 17.5 Å². The summed E-state index contributed by atoms with van der Waals surface area (Å²) in [4.78, 5) is 52.2. The van der Waals surface area contributed by atoms with Gasteiger partial charge in [-0.25, -0.2) is 18.0 Å². The van der Waals surface area contributed by atoms with E-state index < -0.39 is 64.9 Å². The van der Waals surface area contributed by atoms with Crippen LogP contribution in [0.15, 0.2) is 42.5 Å². The highest BCUT2D eigenvalue weighted by molar-refractivity contribution is 5.88. The number of nitrogens with zero attached hydrogens (tertiary/aromatic N) is 1. The third-order valence-electron chi connectivity index (χ3n) is 6.59. The molecule has 0 bridgehead atoms. The van der Waals surface area contributed by atoms with Gasteiger partial charge in [-0.2, -0.15) is 0 Å². The molecule has 9 nitrogen and oxygen atoms in total. The van der Waals surface area contributed by atoms with Crippen LogP contribution in [0.25, 0.3) is 0 Å². The van der Waals surface area contributed by atoms with Crippen molar-refractivity contribution in [3.63, 3.8) is 0 Å².